The quantitative estimate of drug-likeness (QED) is 0.360. The Morgan fingerprint density at radius 2 is 1.85 bits per heavy atom. The van der Waals surface area contributed by atoms with Gasteiger partial charge in [-0.05, 0) is 30.3 Å². The third-order valence-electron chi connectivity index (χ3n) is 3.37. The molecular formula is C16H8FNO2. The van der Waals surface area contributed by atoms with Gasteiger partial charge in [0.2, 0.25) is 5.43 Å². The minimum absolute atomic E-state index is 0.152. The number of para-hydroxylation sites is 1. The average Bonchev–Trinajstić information content (AvgIpc) is 2.47. The Morgan fingerprint density at radius 1 is 1.00 bits per heavy atom. The fourth-order valence-corrected chi connectivity index (χ4v) is 2.41. The van der Waals surface area contributed by atoms with Gasteiger partial charge < -0.3 is 4.42 Å². The van der Waals surface area contributed by atoms with Crippen molar-refractivity contribution in [3.63, 3.8) is 0 Å². The molecule has 2 heterocycles. The van der Waals surface area contributed by atoms with Crippen molar-refractivity contribution in [2.24, 2.45) is 0 Å². The van der Waals surface area contributed by atoms with Crippen LogP contribution < -0.4 is 5.43 Å². The molecule has 0 aliphatic rings. The maximum Gasteiger partial charge on any atom is 0.202 e. The van der Waals surface area contributed by atoms with E-state index in [0.29, 0.717) is 32.8 Å². The van der Waals surface area contributed by atoms with Crippen molar-refractivity contribution in [3.05, 3.63) is 64.7 Å². The topological polar surface area (TPSA) is 43.1 Å². The summed E-state index contributed by atoms with van der Waals surface area (Å²) in [7, 11) is 0. The van der Waals surface area contributed by atoms with Gasteiger partial charge in [0.05, 0.1) is 16.3 Å². The van der Waals surface area contributed by atoms with E-state index in [1.165, 1.54) is 18.3 Å². The molecule has 96 valence electrons. The number of hydrogen-bond acceptors (Lipinski definition) is 3. The van der Waals surface area contributed by atoms with Gasteiger partial charge in [-0.2, -0.15) is 0 Å². The van der Waals surface area contributed by atoms with Crippen molar-refractivity contribution in [3.8, 4) is 0 Å². The molecule has 0 saturated heterocycles. The molecule has 0 unspecified atom stereocenters. The van der Waals surface area contributed by atoms with Crippen LogP contribution in [0.25, 0.3) is 32.8 Å². The summed E-state index contributed by atoms with van der Waals surface area (Å²) in [5.41, 5.74) is 1.30. The van der Waals surface area contributed by atoms with Crippen molar-refractivity contribution in [1.29, 1.82) is 0 Å². The summed E-state index contributed by atoms with van der Waals surface area (Å²) >= 11 is 0. The molecule has 2 aromatic carbocycles. The van der Waals surface area contributed by atoms with Gasteiger partial charge in [-0.15, -0.1) is 0 Å². The second kappa shape index (κ2) is 3.87. The largest absolute Gasteiger partial charge is 0.455 e. The lowest BCUT2D eigenvalue weighted by molar-refractivity contribution is 0.628. The molecule has 3 nitrogen and oxygen atoms in total. The van der Waals surface area contributed by atoms with Crippen LogP contribution in [0, 0.1) is 5.82 Å². The first kappa shape index (κ1) is 11.1. The van der Waals surface area contributed by atoms with E-state index in [1.54, 1.807) is 30.3 Å². The standard InChI is InChI=1S/C16H8FNO2/c17-9-5-6-13-11(7-9)16-12(8-18-13)15(19)10-3-1-2-4-14(10)20-16/h1-8H. The molecule has 4 heteroatoms. The zero-order chi connectivity index (χ0) is 13.7. The van der Waals surface area contributed by atoms with E-state index in [1.807, 2.05) is 0 Å². The molecule has 20 heavy (non-hydrogen) atoms. The van der Waals surface area contributed by atoms with Gasteiger partial charge in [0.25, 0.3) is 0 Å². The van der Waals surface area contributed by atoms with Gasteiger partial charge in [0.1, 0.15) is 17.0 Å². The summed E-state index contributed by atoms with van der Waals surface area (Å²) in [6, 6.07) is 11.2. The van der Waals surface area contributed by atoms with Gasteiger partial charge in [-0.3, -0.25) is 9.78 Å². The van der Waals surface area contributed by atoms with Crippen LogP contribution in [-0.2, 0) is 0 Å². The van der Waals surface area contributed by atoms with E-state index in [-0.39, 0.29) is 11.2 Å². The van der Waals surface area contributed by atoms with Crippen LogP contribution in [0.1, 0.15) is 0 Å². The number of nitrogens with zero attached hydrogens (tertiary/aromatic N) is 1. The highest BCUT2D eigenvalue weighted by atomic mass is 19.1. The lowest BCUT2D eigenvalue weighted by atomic mass is 10.1. The highest BCUT2D eigenvalue weighted by molar-refractivity contribution is 6.04. The fourth-order valence-electron chi connectivity index (χ4n) is 2.41. The Labute approximate surface area is 112 Å². The molecule has 0 fully saturated rings. The summed E-state index contributed by atoms with van der Waals surface area (Å²) in [6.07, 6.45) is 1.48. The number of fused-ring (bicyclic) bond motifs is 4. The zero-order valence-electron chi connectivity index (χ0n) is 10.3. The molecule has 0 N–H and O–H groups in total. The second-order valence-electron chi connectivity index (χ2n) is 4.59. The lowest BCUT2D eigenvalue weighted by Gasteiger charge is -2.04. The van der Waals surface area contributed by atoms with Gasteiger partial charge in [0, 0.05) is 11.6 Å². The van der Waals surface area contributed by atoms with Gasteiger partial charge >= 0.3 is 0 Å². The Balaban J connectivity index is 2.33. The summed E-state index contributed by atoms with van der Waals surface area (Å²) in [6.45, 7) is 0. The Bertz CT molecular complexity index is 1040. The van der Waals surface area contributed by atoms with Gasteiger partial charge in [-0.1, -0.05) is 12.1 Å². The molecule has 0 aliphatic heterocycles. The van der Waals surface area contributed by atoms with Crippen molar-refractivity contribution in [2.45, 2.75) is 0 Å². The average molecular weight is 265 g/mol. The van der Waals surface area contributed by atoms with Crippen molar-refractivity contribution in [2.75, 3.05) is 0 Å². The Morgan fingerprint density at radius 3 is 2.75 bits per heavy atom. The first-order valence-electron chi connectivity index (χ1n) is 6.14. The van der Waals surface area contributed by atoms with Crippen molar-refractivity contribution < 1.29 is 8.81 Å². The minimum atomic E-state index is -0.386. The third kappa shape index (κ3) is 1.45. The van der Waals surface area contributed by atoms with Crippen LogP contribution in [0.2, 0.25) is 0 Å². The fraction of sp³-hybridized carbons (Fsp3) is 0. The molecule has 0 spiro atoms. The first-order chi connectivity index (χ1) is 9.74. The molecular weight excluding hydrogens is 257 g/mol. The highest BCUT2D eigenvalue weighted by Crippen LogP contribution is 2.25. The smallest absolute Gasteiger partial charge is 0.202 e. The van der Waals surface area contributed by atoms with Crippen molar-refractivity contribution in [1.82, 2.24) is 4.98 Å². The number of hydrogen-bond donors (Lipinski definition) is 0. The molecule has 2 aromatic heterocycles. The zero-order valence-corrected chi connectivity index (χ0v) is 10.3. The maximum atomic E-state index is 13.4. The van der Waals surface area contributed by atoms with Crippen LogP contribution in [0.5, 0.6) is 0 Å². The molecule has 0 bridgehead atoms. The molecule has 4 aromatic rings. The monoisotopic (exact) mass is 265 g/mol. The van der Waals surface area contributed by atoms with Crippen LogP contribution in [0.4, 0.5) is 4.39 Å². The Kier molecular flexibility index (Phi) is 2.15. The maximum absolute atomic E-state index is 13.4. The molecule has 0 atom stereocenters. The Hall–Kier alpha value is -2.75. The predicted molar refractivity (Wildman–Crippen MR) is 75.2 cm³/mol. The van der Waals surface area contributed by atoms with Crippen LogP contribution in [0.3, 0.4) is 0 Å². The van der Waals surface area contributed by atoms with E-state index in [2.05, 4.69) is 4.98 Å². The molecule has 0 saturated carbocycles. The van der Waals surface area contributed by atoms with E-state index in [4.69, 9.17) is 4.42 Å². The van der Waals surface area contributed by atoms with Gasteiger partial charge in [0.15, 0.2) is 0 Å². The van der Waals surface area contributed by atoms with E-state index < -0.39 is 0 Å². The summed E-state index contributed by atoms with van der Waals surface area (Å²) in [5, 5.41) is 1.37. The van der Waals surface area contributed by atoms with Crippen LogP contribution in [-0.4, -0.2) is 4.98 Å². The van der Waals surface area contributed by atoms with E-state index >= 15 is 0 Å². The van der Waals surface area contributed by atoms with E-state index in [9.17, 15) is 9.18 Å². The number of aromatic nitrogens is 1. The SMILES string of the molecule is O=c1c2ccccc2oc2c1cnc1ccc(F)cc12. The summed E-state index contributed by atoms with van der Waals surface area (Å²) in [4.78, 5) is 16.6. The highest BCUT2D eigenvalue weighted by Gasteiger charge is 2.11. The molecule has 0 radical (unpaired) electrons. The number of halogens is 1. The normalized spacial score (nSPS) is 11.4. The van der Waals surface area contributed by atoms with Crippen molar-refractivity contribution >= 4 is 32.8 Å². The van der Waals surface area contributed by atoms with Crippen LogP contribution >= 0.6 is 0 Å². The number of benzene rings is 2. The van der Waals surface area contributed by atoms with Crippen LogP contribution in [0.15, 0.2) is 57.9 Å². The van der Waals surface area contributed by atoms with Gasteiger partial charge in [-0.25, -0.2) is 4.39 Å². The number of rotatable bonds is 0. The lowest BCUT2D eigenvalue weighted by Crippen LogP contribution is -2.02. The second-order valence-corrected chi connectivity index (χ2v) is 4.59. The predicted octanol–water partition coefficient (Wildman–Crippen LogP) is 3.63. The minimum Gasteiger partial charge on any atom is -0.455 e. The van der Waals surface area contributed by atoms with E-state index in [0.717, 1.165) is 0 Å². The summed E-state index contributed by atoms with van der Waals surface area (Å²) in [5.74, 6) is -0.386. The third-order valence-corrected chi connectivity index (χ3v) is 3.37. The number of pyridine rings is 1. The first-order valence-corrected chi connectivity index (χ1v) is 6.14. The molecule has 0 amide bonds. The molecule has 4 rings (SSSR count). The molecule has 0 aliphatic carbocycles. The summed E-state index contributed by atoms with van der Waals surface area (Å²) < 4.78 is 19.2.